The average molecular weight is 230 g/mol. The molecule has 5 heteroatoms. The van der Waals surface area contributed by atoms with Gasteiger partial charge in [-0.2, -0.15) is 4.98 Å². The molecular formula is C12H14N4O. The summed E-state index contributed by atoms with van der Waals surface area (Å²) in [5, 5.41) is 4.00. The third kappa shape index (κ3) is 2.06. The van der Waals surface area contributed by atoms with Gasteiger partial charge in [-0.25, -0.2) is 0 Å². The number of nitrogens with two attached hydrogens (primary N) is 1. The quantitative estimate of drug-likeness (QED) is 0.850. The topological polar surface area (TPSA) is 77.8 Å². The molecule has 2 aromatic heterocycles. The molecule has 2 atom stereocenters. The van der Waals surface area contributed by atoms with Crippen LogP contribution < -0.4 is 5.73 Å². The lowest BCUT2D eigenvalue weighted by Gasteiger charge is -2.01. The fourth-order valence-electron chi connectivity index (χ4n) is 2.26. The van der Waals surface area contributed by atoms with E-state index in [-0.39, 0.29) is 6.04 Å². The van der Waals surface area contributed by atoms with E-state index >= 15 is 0 Å². The number of nitrogens with zero attached hydrogens (tertiary/aromatic N) is 3. The summed E-state index contributed by atoms with van der Waals surface area (Å²) in [6, 6.07) is 4.01. The van der Waals surface area contributed by atoms with Crippen LogP contribution in [0.2, 0.25) is 0 Å². The van der Waals surface area contributed by atoms with Crippen LogP contribution in [0.1, 0.15) is 31.1 Å². The molecule has 2 aromatic rings. The lowest BCUT2D eigenvalue weighted by Crippen LogP contribution is -2.14. The van der Waals surface area contributed by atoms with Crippen LogP contribution in [-0.2, 0) is 0 Å². The van der Waals surface area contributed by atoms with Gasteiger partial charge in [0.25, 0.3) is 0 Å². The Kier molecular flexibility index (Phi) is 2.60. The summed E-state index contributed by atoms with van der Waals surface area (Å²) in [4.78, 5) is 8.40. The summed E-state index contributed by atoms with van der Waals surface area (Å²) < 4.78 is 5.31. The fraction of sp³-hybridized carbons (Fsp3) is 0.417. The van der Waals surface area contributed by atoms with E-state index in [0.717, 1.165) is 24.8 Å². The second-order valence-corrected chi connectivity index (χ2v) is 4.46. The number of pyridine rings is 1. The Hall–Kier alpha value is -1.75. The van der Waals surface area contributed by atoms with Crippen LogP contribution in [0.4, 0.5) is 0 Å². The zero-order chi connectivity index (χ0) is 11.7. The average Bonchev–Trinajstić information content (AvgIpc) is 2.98. The smallest absolute Gasteiger partial charge is 0.230 e. The highest BCUT2D eigenvalue weighted by Crippen LogP contribution is 2.33. The van der Waals surface area contributed by atoms with Crippen LogP contribution in [0.3, 0.4) is 0 Å². The molecule has 0 amide bonds. The minimum atomic E-state index is 0.274. The van der Waals surface area contributed by atoms with Crippen LogP contribution in [0, 0.1) is 0 Å². The molecule has 0 spiro atoms. The summed E-state index contributed by atoms with van der Waals surface area (Å²) in [6.45, 7) is 0. The first-order valence-corrected chi connectivity index (χ1v) is 5.82. The lowest BCUT2D eigenvalue weighted by molar-refractivity contribution is 0.353. The highest BCUT2D eigenvalue weighted by atomic mass is 16.5. The van der Waals surface area contributed by atoms with Gasteiger partial charge in [0.1, 0.15) is 0 Å². The minimum Gasteiger partial charge on any atom is -0.339 e. The van der Waals surface area contributed by atoms with E-state index in [2.05, 4.69) is 15.1 Å². The molecule has 0 aliphatic heterocycles. The first-order chi connectivity index (χ1) is 8.33. The first-order valence-electron chi connectivity index (χ1n) is 5.82. The van der Waals surface area contributed by atoms with Crippen molar-refractivity contribution in [1.29, 1.82) is 0 Å². The standard InChI is InChI=1S/C12H14N4O/c13-10-2-1-9(7-10)12-15-11(16-17-12)8-3-5-14-6-4-8/h3-6,9-10H,1-2,7,13H2/t9-,10+/m1/s1. The second-order valence-electron chi connectivity index (χ2n) is 4.46. The molecule has 1 aliphatic rings. The van der Waals surface area contributed by atoms with Gasteiger partial charge in [0.2, 0.25) is 11.7 Å². The van der Waals surface area contributed by atoms with Crippen LogP contribution in [0.15, 0.2) is 29.0 Å². The predicted octanol–water partition coefficient (Wildman–Crippen LogP) is 1.73. The van der Waals surface area contributed by atoms with Crippen molar-refractivity contribution in [2.24, 2.45) is 5.73 Å². The van der Waals surface area contributed by atoms with Crippen molar-refractivity contribution in [3.05, 3.63) is 30.4 Å². The maximum Gasteiger partial charge on any atom is 0.230 e. The maximum atomic E-state index is 5.88. The van der Waals surface area contributed by atoms with Crippen molar-refractivity contribution in [2.45, 2.75) is 31.2 Å². The van der Waals surface area contributed by atoms with E-state index in [1.807, 2.05) is 12.1 Å². The number of hydrogen-bond donors (Lipinski definition) is 1. The van der Waals surface area contributed by atoms with Crippen molar-refractivity contribution in [3.63, 3.8) is 0 Å². The van der Waals surface area contributed by atoms with E-state index in [4.69, 9.17) is 10.3 Å². The Morgan fingerprint density at radius 3 is 2.76 bits per heavy atom. The van der Waals surface area contributed by atoms with Crippen LogP contribution >= 0.6 is 0 Å². The van der Waals surface area contributed by atoms with Crippen molar-refractivity contribution in [2.75, 3.05) is 0 Å². The summed E-state index contributed by atoms with van der Waals surface area (Å²) >= 11 is 0. The fourth-order valence-corrected chi connectivity index (χ4v) is 2.26. The van der Waals surface area contributed by atoms with Gasteiger partial charge in [-0.15, -0.1) is 0 Å². The Morgan fingerprint density at radius 2 is 2.06 bits per heavy atom. The first kappa shape index (κ1) is 10.4. The monoisotopic (exact) mass is 230 g/mol. The molecule has 1 fully saturated rings. The zero-order valence-electron chi connectivity index (χ0n) is 9.41. The van der Waals surface area contributed by atoms with Gasteiger partial charge in [0.15, 0.2) is 0 Å². The minimum absolute atomic E-state index is 0.274. The Morgan fingerprint density at radius 1 is 1.24 bits per heavy atom. The Labute approximate surface area is 99.1 Å². The molecule has 2 heterocycles. The molecule has 0 radical (unpaired) electrons. The highest BCUT2D eigenvalue weighted by molar-refractivity contribution is 5.52. The SMILES string of the molecule is N[C@H]1CC[C@@H](c2nc(-c3ccncc3)no2)C1. The van der Waals surface area contributed by atoms with E-state index in [0.29, 0.717) is 17.6 Å². The number of aromatic nitrogens is 3. The van der Waals surface area contributed by atoms with Gasteiger partial charge in [-0.1, -0.05) is 5.16 Å². The van der Waals surface area contributed by atoms with E-state index in [1.54, 1.807) is 12.4 Å². The van der Waals surface area contributed by atoms with E-state index in [1.165, 1.54) is 0 Å². The van der Waals surface area contributed by atoms with Crippen molar-refractivity contribution in [3.8, 4) is 11.4 Å². The molecule has 1 saturated carbocycles. The third-order valence-corrected chi connectivity index (χ3v) is 3.20. The maximum absolute atomic E-state index is 5.88. The molecule has 0 unspecified atom stereocenters. The van der Waals surface area contributed by atoms with Gasteiger partial charge < -0.3 is 10.3 Å². The third-order valence-electron chi connectivity index (χ3n) is 3.20. The number of rotatable bonds is 2. The molecule has 3 rings (SSSR count). The molecule has 88 valence electrons. The normalized spacial score (nSPS) is 24.1. The molecule has 5 nitrogen and oxygen atoms in total. The molecule has 17 heavy (non-hydrogen) atoms. The molecule has 0 saturated heterocycles. The van der Waals surface area contributed by atoms with E-state index in [9.17, 15) is 0 Å². The van der Waals surface area contributed by atoms with Gasteiger partial charge >= 0.3 is 0 Å². The van der Waals surface area contributed by atoms with Gasteiger partial charge in [-0.05, 0) is 31.4 Å². The van der Waals surface area contributed by atoms with Crippen LogP contribution in [-0.4, -0.2) is 21.2 Å². The molecule has 1 aliphatic carbocycles. The summed E-state index contributed by atoms with van der Waals surface area (Å²) in [5.41, 5.74) is 6.81. The van der Waals surface area contributed by atoms with Crippen molar-refractivity contribution < 1.29 is 4.52 Å². The summed E-state index contributed by atoms with van der Waals surface area (Å²) in [7, 11) is 0. The lowest BCUT2D eigenvalue weighted by atomic mass is 10.1. The Bertz CT molecular complexity index is 496. The highest BCUT2D eigenvalue weighted by Gasteiger charge is 2.27. The van der Waals surface area contributed by atoms with Gasteiger partial charge in [0, 0.05) is 29.9 Å². The summed E-state index contributed by atoms with van der Waals surface area (Å²) in [5.74, 6) is 1.67. The zero-order valence-corrected chi connectivity index (χ0v) is 9.41. The van der Waals surface area contributed by atoms with Crippen molar-refractivity contribution >= 4 is 0 Å². The number of hydrogen-bond acceptors (Lipinski definition) is 5. The van der Waals surface area contributed by atoms with Gasteiger partial charge in [0.05, 0.1) is 0 Å². The summed E-state index contributed by atoms with van der Waals surface area (Å²) in [6.07, 6.45) is 6.46. The Balaban J connectivity index is 1.84. The van der Waals surface area contributed by atoms with E-state index < -0.39 is 0 Å². The molecule has 0 bridgehead atoms. The van der Waals surface area contributed by atoms with Crippen LogP contribution in [0.25, 0.3) is 11.4 Å². The molecule has 0 aromatic carbocycles. The van der Waals surface area contributed by atoms with Crippen LogP contribution in [0.5, 0.6) is 0 Å². The molecule has 2 N–H and O–H groups in total. The second kappa shape index (κ2) is 4.25. The molecular weight excluding hydrogens is 216 g/mol. The largest absolute Gasteiger partial charge is 0.339 e. The van der Waals surface area contributed by atoms with Gasteiger partial charge in [-0.3, -0.25) is 4.98 Å². The van der Waals surface area contributed by atoms with Crippen molar-refractivity contribution in [1.82, 2.24) is 15.1 Å². The predicted molar refractivity (Wildman–Crippen MR) is 62.1 cm³/mol.